The van der Waals surface area contributed by atoms with Crippen LogP contribution in [0.15, 0.2) is 38.5 Å². The van der Waals surface area contributed by atoms with E-state index in [4.69, 9.17) is 74.8 Å². The molecule has 3 aromatic heterocycles. The van der Waals surface area contributed by atoms with Crippen LogP contribution in [-0.2, 0) is 157 Å². The monoisotopic (exact) mass is 1890 g/mol. The summed E-state index contributed by atoms with van der Waals surface area (Å²) in [5.74, 6) is -6.86. The Morgan fingerprint density at radius 3 is 1.26 bits per heavy atom. The van der Waals surface area contributed by atoms with Gasteiger partial charge in [-0.2, -0.15) is 12.7 Å². The number of thiocarbonyl (C=S) groups is 1. The molecular formula is C72H112N8Na3O38S4-. The Hall–Kier alpha value is -7.65. The molecule has 0 amide bonds. The molecule has 3 fully saturated rings. The van der Waals surface area contributed by atoms with E-state index in [1.165, 1.54) is 105 Å². The van der Waals surface area contributed by atoms with Gasteiger partial charge in [-0.1, -0.05) is 34.6 Å². The Morgan fingerprint density at radius 2 is 0.936 bits per heavy atom. The first kappa shape index (κ1) is 135. The van der Waals surface area contributed by atoms with Gasteiger partial charge in [-0.05, 0) is 68.6 Å². The fourth-order valence-electron chi connectivity index (χ4n) is 9.29. The van der Waals surface area contributed by atoms with Crippen LogP contribution in [0.4, 0.5) is 0 Å². The van der Waals surface area contributed by atoms with Gasteiger partial charge in [-0.3, -0.25) is 103 Å². The number of ether oxygens (including phenoxy) is 15. The number of esters is 11. The van der Waals surface area contributed by atoms with Gasteiger partial charge in [-0.25, -0.2) is 0 Å². The van der Waals surface area contributed by atoms with Crippen molar-refractivity contribution in [2.24, 2.45) is 29.2 Å². The van der Waals surface area contributed by atoms with E-state index in [0.29, 0.717) is 24.9 Å². The third-order valence-corrected chi connectivity index (χ3v) is 16.2. The molecule has 0 aromatic carbocycles. The summed E-state index contributed by atoms with van der Waals surface area (Å²) in [5.41, 5.74) is 8.45. The summed E-state index contributed by atoms with van der Waals surface area (Å²) in [6.45, 7) is 20.4. The van der Waals surface area contributed by atoms with Crippen LogP contribution in [0.2, 0.25) is 0 Å². The molecule has 125 heavy (non-hydrogen) atoms. The van der Waals surface area contributed by atoms with Crippen molar-refractivity contribution in [1.82, 2.24) is 29.1 Å². The van der Waals surface area contributed by atoms with Gasteiger partial charge in [0.2, 0.25) is 6.29 Å². The number of aliphatic hydroxyl groups is 4. The third-order valence-electron chi connectivity index (χ3n) is 15.3. The van der Waals surface area contributed by atoms with Crippen LogP contribution in [0.5, 0.6) is 0 Å². The van der Waals surface area contributed by atoms with E-state index in [1.807, 2.05) is 27.7 Å². The van der Waals surface area contributed by atoms with E-state index < -0.39 is 139 Å². The number of ketones is 1. The summed E-state index contributed by atoms with van der Waals surface area (Å²) in [6.07, 6.45) is -2.12. The molecule has 0 spiro atoms. The fraction of sp³-hybridized carbons (Fsp3) is 0.597. The molecule has 3 aromatic rings. The average Bonchev–Trinajstić information content (AvgIpc) is 1.62. The number of aliphatic hydroxyl groups excluding tert-OH is 4. The Labute approximate surface area is 807 Å². The molecule has 46 nitrogen and oxygen atoms in total. The maximum Gasteiger partial charge on any atom is 1.00 e. The van der Waals surface area contributed by atoms with E-state index in [-0.39, 0.29) is 212 Å². The van der Waals surface area contributed by atoms with Crippen molar-refractivity contribution in [3.05, 3.63) is 92.8 Å². The van der Waals surface area contributed by atoms with Crippen molar-refractivity contribution in [3.8, 4) is 0 Å². The van der Waals surface area contributed by atoms with Gasteiger partial charge in [-0.15, -0.1) is 0 Å². The van der Waals surface area contributed by atoms with E-state index in [0.717, 1.165) is 34.2 Å². The van der Waals surface area contributed by atoms with E-state index in [1.54, 1.807) is 6.92 Å². The number of hydrogen-bond donors (Lipinski definition) is 10. The molecule has 53 heteroatoms. The molecular weight excluding hydrogens is 1780 g/mol. The van der Waals surface area contributed by atoms with Crippen molar-refractivity contribution < 1.29 is 259 Å². The molecule has 3 aliphatic heterocycles. The van der Waals surface area contributed by atoms with Gasteiger partial charge in [0.05, 0.1) is 121 Å². The summed E-state index contributed by atoms with van der Waals surface area (Å²) < 4.78 is 74.6. The summed E-state index contributed by atoms with van der Waals surface area (Å²) >= 11 is 19.0. The fourth-order valence-corrected chi connectivity index (χ4v) is 9.94. The molecule has 0 bridgehead atoms. The minimum atomic E-state index is -1.35. The first-order valence-corrected chi connectivity index (χ1v) is 37.0. The molecule has 6 rings (SSSR count). The molecule has 6 heterocycles. The third kappa shape index (κ3) is 56.3. The SMILES string of the molecule is CCOC=O.CC[C@H]1OC(OC(C)=O)[C@@H](OC(C)=O)C1C.CC[C@H]1O[C@@H](n2cc(CC(=O)OC)c(=O)[nH]c2=S)[C@@H](OC(C)=O)C1C.CO.COC(=O)CC(C=O)C(=O)OC.COC(=O)CCC(=O)OC.COC(=O)Cc1c[nH]c(=S)[nH]c1=O.COC(=O)Cc1cn([C@@H]2O[C@H](CO)C(O)[C@@H]2O)c(=S)[nH]c1=O.C[O-].NC(N)=S.[CH-]=C(CC(=O)OC)C(C)=O.[H-].[Na+].[Na+].[Na+].[OH-]. The second kappa shape index (κ2) is 77.5. The summed E-state index contributed by atoms with van der Waals surface area (Å²) in [7, 11) is 11.6. The number of nitrogens with zero attached hydrogens (tertiary/aromatic N) is 2. The molecule has 13 N–H and O–H groups in total. The van der Waals surface area contributed by atoms with Gasteiger partial charge in [0.15, 0.2) is 44.1 Å². The van der Waals surface area contributed by atoms with Crippen LogP contribution in [-0.4, -0.2) is 278 Å². The van der Waals surface area contributed by atoms with E-state index >= 15 is 0 Å². The molecule has 3 saturated heterocycles. The van der Waals surface area contributed by atoms with Crippen molar-refractivity contribution in [2.45, 2.75) is 182 Å². The molecule has 3 aliphatic rings. The maximum atomic E-state index is 12.0. The zero-order valence-electron chi connectivity index (χ0n) is 74.6. The number of carbonyl (C=O) groups excluding carboxylic acids is 14. The molecule has 0 saturated carbocycles. The molecule has 5 unspecified atom stereocenters. The number of methoxy groups -OCH3 is 8. The van der Waals surface area contributed by atoms with Gasteiger partial charge in [0.1, 0.15) is 30.5 Å². The van der Waals surface area contributed by atoms with Crippen molar-refractivity contribution in [1.29, 1.82) is 0 Å². The first-order chi connectivity index (χ1) is 56.8. The van der Waals surface area contributed by atoms with Crippen LogP contribution < -0.4 is 122 Å². The quantitative estimate of drug-likeness (QED) is 0.00521. The molecule has 13 atom stereocenters. The number of aromatic nitrogens is 6. The van der Waals surface area contributed by atoms with Gasteiger partial charge < -0.3 is 130 Å². The Bertz CT molecular complexity index is 4170. The number of carbonyl (C=O) groups is 14. The molecule has 696 valence electrons. The number of hydrogen-bond acceptors (Lipinski definition) is 42. The summed E-state index contributed by atoms with van der Waals surface area (Å²) in [4.78, 5) is 194. The zero-order chi connectivity index (χ0) is 94.7. The predicted molar refractivity (Wildman–Crippen MR) is 431 cm³/mol. The number of nitrogens with one attached hydrogen (secondary N) is 4. The minimum absolute atomic E-state index is 0. The number of H-pyrrole nitrogens is 4. The number of aldehydes is 1. The van der Waals surface area contributed by atoms with Crippen molar-refractivity contribution >= 4 is 138 Å². The first-order valence-electron chi connectivity index (χ1n) is 35.4. The largest absolute Gasteiger partial charge is 1.00 e. The molecule has 0 radical (unpaired) electrons. The van der Waals surface area contributed by atoms with Crippen LogP contribution in [0.1, 0.15) is 131 Å². The maximum absolute atomic E-state index is 12.0. The second-order valence-electron chi connectivity index (χ2n) is 23.6. The Kier molecular flexibility index (Phi) is 83.9. The molecule has 0 aliphatic carbocycles. The van der Waals surface area contributed by atoms with Crippen LogP contribution in [0, 0.1) is 38.6 Å². The standard InChI is InChI=1S/C16H22N2O6S.C12H16N2O7S.C11H18O5.C7H8N2O3S.C7H10O5.C7H9O3.C6H10O4.C3H6O2.CH4N2S.CH4O.CH3O.3Na.H2O.H/c1-5-11-8(2)13(23-9(3)19)15(24-11)18-7-10(6-12(20)22-4)14(21)17-16(18)25;1-20-7(16)2-5-3-14(12(22)13-10(5)19)11-9(18)8(17)6(4-15)21-11;1-5-9-6(2)10(14-7(3)12)11(16-9)15-8(4)13;1-12-5(10)2-4-3-8-7(13)9-6(4)11;1-11-6(9)3-5(4-8)7(10)12-2;1-5(6(2)8)4-7(9)10-3;1-9-5(7)3-4-6(8)10-2;1-2-5-3-4;2-1(3)4;2*1-2;;;;;/h7-8,11,13,15H,5-6H2,1-4H3,(H,17,21,25);3,6,8-9,11,15,17-18H,2,4H2,1H3,(H,13,19,22);6,9-11H,5H2,1-4H3;3H,2H2,1H3,(H2,8,9,11,13);4-5H,3H2,1-2H3;1H,4H2,2-3H3;3-4H2,1-2H3;3H,2H2,1H3;(H4,2,3,4);2H,1H3;1H3;;;;1H2;/q;;;;;-1;;;;;-1;3*+1;;-1/p-1/t8?,11-,13+,15-;6-,8?,9+,11-;6?,9-,10+,11?;;;;;;;;;;;;;/m111............./s1. The predicted octanol–water partition coefficient (Wildman–Crippen LogP) is -9.82. The van der Waals surface area contributed by atoms with Gasteiger partial charge in [0, 0.05) is 87.2 Å². The topological polar surface area (TPSA) is 688 Å². The van der Waals surface area contributed by atoms with Gasteiger partial charge >= 0.3 is 154 Å². The Morgan fingerprint density at radius 1 is 0.568 bits per heavy atom. The average molecular weight is 1890 g/mol. The minimum Gasteiger partial charge on any atom is -1.00 e. The second-order valence-corrected chi connectivity index (χ2v) is 25.3. The van der Waals surface area contributed by atoms with Gasteiger partial charge in [0.25, 0.3) is 23.2 Å². The Balaban J connectivity index is -0.000000154. The van der Waals surface area contributed by atoms with Crippen LogP contribution >= 0.6 is 48.9 Å². The van der Waals surface area contributed by atoms with Crippen LogP contribution in [0.3, 0.4) is 0 Å². The smallest absolute Gasteiger partial charge is 1.00 e. The van der Waals surface area contributed by atoms with Crippen LogP contribution in [0.25, 0.3) is 0 Å². The van der Waals surface area contributed by atoms with Crippen molar-refractivity contribution in [3.63, 3.8) is 0 Å². The van der Waals surface area contributed by atoms with Crippen molar-refractivity contribution in [2.75, 3.05) is 84.3 Å². The van der Waals surface area contributed by atoms with E-state index in [9.17, 15) is 91.7 Å². The number of Topliss-reactive ketones (excluding diaryl/α,β-unsaturated/α-hetero) is 1. The number of rotatable bonds is 26. The number of nitrogens with two attached hydrogens (primary N) is 2. The summed E-state index contributed by atoms with van der Waals surface area (Å²) in [5, 5.41) is 44.1. The van der Waals surface area contributed by atoms with E-state index in [2.05, 4.69) is 98.5 Å². The summed E-state index contributed by atoms with van der Waals surface area (Å²) in [6, 6.07) is 0. The number of aromatic amines is 4. The zero-order valence-corrected chi connectivity index (χ0v) is 82.9. The normalized spacial score (nSPS) is 18.3.